The van der Waals surface area contributed by atoms with Gasteiger partial charge >= 0.3 is 5.97 Å². The number of cyclic esters (lactones) is 1. The van der Waals surface area contributed by atoms with Gasteiger partial charge in [-0.3, -0.25) is 52.8 Å². The zero-order valence-electron chi connectivity index (χ0n) is 43.8. The molecule has 0 bridgehead atoms. The lowest BCUT2D eigenvalue weighted by Crippen LogP contribution is -2.52. The molecule has 0 radical (unpaired) electrons. The molecule has 2 aromatic heterocycles. The second-order valence-electron chi connectivity index (χ2n) is 19.3. The van der Waals surface area contributed by atoms with Crippen molar-refractivity contribution in [3.05, 3.63) is 110 Å². The van der Waals surface area contributed by atoms with Gasteiger partial charge in [0, 0.05) is 54.1 Å². The predicted octanol–water partition coefficient (Wildman–Crippen LogP) is -1.36. The van der Waals surface area contributed by atoms with E-state index in [0.717, 1.165) is 17.1 Å². The molecule has 0 spiro atoms. The number of benzene rings is 2. The molecule has 9 amide bonds. The number of nitrogens with one attached hydrogen (secondary N) is 7. The monoisotopic (exact) mass is 1110 g/mol. The molecule has 8 rings (SSSR count). The first-order chi connectivity index (χ1) is 38.4. The molecule has 1 aliphatic carbocycles. The molecule has 26 heteroatoms. The Morgan fingerprint density at radius 1 is 0.825 bits per heavy atom. The van der Waals surface area contributed by atoms with Crippen LogP contribution in [0, 0.1) is 12.7 Å². The van der Waals surface area contributed by atoms with Gasteiger partial charge in [0.15, 0.2) is 5.60 Å². The molecule has 2 aromatic carbocycles. The van der Waals surface area contributed by atoms with E-state index in [-0.39, 0.29) is 83.2 Å². The van der Waals surface area contributed by atoms with Crippen molar-refractivity contribution in [2.24, 2.45) is 0 Å². The molecule has 0 unspecified atom stereocenters. The number of aliphatic hydroxyl groups is 1. The fraction of sp³-hybridized carbons (Fsp3) is 0.407. The average molecular weight is 1110 g/mol. The number of nitrogens with zero attached hydrogens (tertiary/aromatic N) is 3. The first-order valence-electron chi connectivity index (χ1n) is 25.8. The Kier molecular flexibility index (Phi) is 18.2. The Morgan fingerprint density at radius 2 is 1.54 bits per heavy atom. The Balaban J connectivity index is 0.752. The highest BCUT2D eigenvalue weighted by atomic mass is 19.1. The summed E-state index contributed by atoms with van der Waals surface area (Å²) >= 11 is 0. The van der Waals surface area contributed by atoms with Crippen molar-refractivity contribution < 1.29 is 71.7 Å². The third-order valence-electron chi connectivity index (χ3n) is 14.1. The summed E-state index contributed by atoms with van der Waals surface area (Å²) in [5.74, 6) is -6.81. The molecule has 80 heavy (non-hydrogen) atoms. The van der Waals surface area contributed by atoms with Gasteiger partial charge in [0.05, 0.1) is 81.1 Å². The minimum Gasteiger partial charge on any atom is -0.458 e. The van der Waals surface area contributed by atoms with Crippen LogP contribution < -0.4 is 42.8 Å². The van der Waals surface area contributed by atoms with E-state index in [0.29, 0.717) is 62.9 Å². The van der Waals surface area contributed by atoms with Gasteiger partial charge in [-0.1, -0.05) is 37.3 Å². The van der Waals surface area contributed by atoms with Crippen LogP contribution in [-0.4, -0.2) is 144 Å². The number of ether oxygens (including phenoxy) is 3. The molecule has 422 valence electrons. The minimum absolute atomic E-state index is 0.0180. The number of esters is 1. The molecule has 4 aromatic rings. The van der Waals surface area contributed by atoms with Gasteiger partial charge in [-0.2, -0.15) is 0 Å². The SMILES string of the molecule is CC[C@@]1(O)C(=O)OCc2c1cc1n(c2=O)Cc2c-1nc1cc(F)c(C)c3c1c2[C@@H](NC(=O)CC(=O)NCCOCNC(=O)CNC(=O)[C@H](Cc1ccccc1)NC(=O)CNC(=O)CNC(=O)CCOCCN1C(=O)C=CC1=O)CC3. The molecule has 5 heterocycles. The van der Waals surface area contributed by atoms with Crippen molar-refractivity contribution in [3.63, 3.8) is 0 Å². The Bertz CT molecular complexity index is 3260. The van der Waals surface area contributed by atoms with Crippen LogP contribution in [0.2, 0.25) is 0 Å². The van der Waals surface area contributed by atoms with Gasteiger partial charge in [0.2, 0.25) is 41.4 Å². The number of fused-ring (bicyclic) bond motifs is 5. The van der Waals surface area contributed by atoms with Gasteiger partial charge in [0.1, 0.15) is 31.6 Å². The molecular weight excluding hydrogens is 1050 g/mol. The Morgan fingerprint density at radius 3 is 2.29 bits per heavy atom. The molecule has 4 aliphatic rings. The van der Waals surface area contributed by atoms with Gasteiger partial charge in [-0.15, -0.1) is 0 Å². The van der Waals surface area contributed by atoms with Crippen molar-refractivity contribution >= 4 is 70.0 Å². The van der Waals surface area contributed by atoms with Gasteiger partial charge in [0.25, 0.3) is 17.4 Å². The van der Waals surface area contributed by atoms with Crippen LogP contribution in [0.4, 0.5) is 4.39 Å². The van der Waals surface area contributed by atoms with Crippen molar-refractivity contribution in [1.29, 1.82) is 0 Å². The molecule has 3 aliphatic heterocycles. The van der Waals surface area contributed by atoms with E-state index in [1.807, 2.05) is 0 Å². The van der Waals surface area contributed by atoms with Crippen molar-refractivity contribution in [2.45, 2.75) is 83.2 Å². The summed E-state index contributed by atoms with van der Waals surface area (Å²) in [6.07, 6.45) is 2.32. The van der Waals surface area contributed by atoms with E-state index in [9.17, 15) is 57.8 Å². The molecule has 0 fully saturated rings. The maximum Gasteiger partial charge on any atom is 0.343 e. The normalized spacial score (nSPS) is 16.9. The van der Waals surface area contributed by atoms with E-state index in [2.05, 4.69) is 37.2 Å². The van der Waals surface area contributed by atoms with Crippen molar-refractivity contribution in [2.75, 3.05) is 59.3 Å². The summed E-state index contributed by atoms with van der Waals surface area (Å²) in [7, 11) is 0. The number of hydrogen-bond donors (Lipinski definition) is 8. The van der Waals surface area contributed by atoms with Crippen molar-refractivity contribution in [1.82, 2.24) is 51.7 Å². The third kappa shape index (κ3) is 13.0. The first-order valence-corrected chi connectivity index (χ1v) is 25.8. The van der Waals surface area contributed by atoms with E-state index >= 15 is 4.39 Å². The summed E-state index contributed by atoms with van der Waals surface area (Å²) in [4.78, 5) is 145. The molecule has 0 saturated heterocycles. The van der Waals surface area contributed by atoms with E-state index in [1.165, 1.54) is 10.6 Å². The highest BCUT2D eigenvalue weighted by Crippen LogP contribution is 2.46. The lowest BCUT2D eigenvalue weighted by molar-refractivity contribution is -0.172. The number of carbonyl (C=O) groups is 10. The van der Waals surface area contributed by atoms with Crippen molar-refractivity contribution in [3.8, 4) is 11.4 Å². The van der Waals surface area contributed by atoms with Crippen LogP contribution in [0.25, 0.3) is 22.3 Å². The highest BCUT2D eigenvalue weighted by molar-refractivity contribution is 6.13. The third-order valence-corrected chi connectivity index (χ3v) is 14.1. The van der Waals surface area contributed by atoms with Crippen LogP contribution in [0.1, 0.15) is 77.6 Å². The van der Waals surface area contributed by atoms with Crippen LogP contribution in [0.15, 0.2) is 59.4 Å². The predicted molar refractivity (Wildman–Crippen MR) is 277 cm³/mol. The number of imide groups is 1. The topological polar surface area (TPSA) is 341 Å². The maximum absolute atomic E-state index is 15.4. The number of halogens is 1. The average Bonchev–Trinajstić information content (AvgIpc) is 4.16. The smallest absolute Gasteiger partial charge is 0.343 e. The van der Waals surface area contributed by atoms with Crippen LogP contribution in [-0.2, 0) is 93.8 Å². The second-order valence-corrected chi connectivity index (χ2v) is 19.3. The summed E-state index contributed by atoms with van der Waals surface area (Å²) in [5.41, 5.74) is 1.70. The molecular formula is C54H59FN10O15. The summed E-state index contributed by atoms with van der Waals surface area (Å²) in [6.45, 7) is 1.04. The largest absolute Gasteiger partial charge is 0.458 e. The van der Waals surface area contributed by atoms with Crippen LogP contribution in [0.5, 0.6) is 0 Å². The zero-order valence-corrected chi connectivity index (χ0v) is 43.8. The Hall–Kier alpha value is -8.75. The lowest BCUT2D eigenvalue weighted by atomic mass is 9.81. The first kappa shape index (κ1) is 57.4. The zero-order chi connectivity index (χ0) is 57.3. The van der Waals surface area contributed by atoms with E-state index in [4.69, 9.17) is 19.2 Å². The number of carbonyl (C=O) groups excluding carboxylic acids is 10. The van der Waals surface area contributed by atoms with Crippen LogP contribution in [0.3, 0.4) is 0 Å². The number of hydrogen-bond acceptors (Lipinski definition) is 16. The summed E-state index contributed by atoms with van der Waals surface area (Å²) in [5, 5.41) is 29.7. The summed E-state index contributed by atoms with van der Waals surface area (Å²) in [6, 6.07) is 9.73. The molecule has 25 nitrogen and oxygen atoms in total. The van der Waals surface area contributed by atoms with Crippen LogP contribution >= 0.6 is 0 Å². The van der Waals surface area contributed by atoms with E-state index < -0.39 is 114 Å². The number of pyridine rings is 2. The number of rotatable bonds is 25. The number of aromatic nitrogens is 2. The minimum atomic E-state index is -2.06. The van der Waals surface area contributed by atoms with Gasteiger partial charge < -0.3 is 61.1 Å². The Labute approximate surface area is 455 Å². The second kappa shape index (κ2) is 25.4. The molecule has 8 N–H and O–H groups in total. The summed E-state index contributed by atoms with van der Waals surface area (Å²) < 4.78 is 32.7. The fourth-order valence-electron chi connectivity index (χ4n) is 9.86. The lowest BCUT2D eigenvalue weighted by Gasteiger charge is -2.31. The number of aryl methyl sites for hydroxylation is 1. The molecule has 3 atom stereocenters. The fourth-order valence-corrected chi connectivity index (χ4v) is 9.86. The number of amides is 9. The van der Waals surface area contributed by atoms with E-state index in [1.54, 1.807) is 50.2 Å². The highest BCUT2D eigenvalue weighted by Gasteiger charge is 2.46. The quantitative estimate of drug-likeness (QED) is 0.0110. The molecule has 0 saturated carbocycles. The van der Waals surface area contributed by atoms with Gasteiger partial charge in [-0.25, -0.2) is 14.2 Å². The maximum atomic E-state index is 15.4. The van der Waals surface area contributed by atoms with Gasteiger partial charge in [-0.05, 0) is 54.5 Å². The standard InChI is InChI=1S/C54H59FN10O15/c1-3-54(77)34-20-39-50-32(26-65(39)52(75)33(34)27-80-53(54)76)49-36(10-9-31-29(2)35(55)21-37(63-50)48(31)49)61-42(68)22-41(67)56-14-17-79-28-60-44(70)24-59-51(74)38(19-30-7-5-4-6-8-30)62-45(71)25-58-43(69)23-57-40(66)13-16-78-18-15-64-46(72)11-12-47(64)73/h4-8,11-12,20-21,36,38,77H,3,9-10,13-19,22-28H2,1-2H3,(H,56,67)(H,57,66)(H,58,69)(H,59,74)(H,60,70)(H,61,68)(H,62,71)/t36-,38-,54-/m0/s1.